The first-order valence-corrected chi connectivity index (χ1v) is 6.61. The highest BCUT2D eigenvalue weighted by molar-refractivity contribution is 5.17. The first-order valence-electron chi connectivity index (χ1n) is 6.61. The van der Waals surface area contributed by atoms with Crippen molar-refractivity contribution in [2.75, 3.05) is 0 Å². The Labute approximate surface area is 104 Å². The van der Waals surface area contributed by atoms with Crippen LogP contribution in [0.25, 0.3) is 0 Å². The molecule has 1 heterocycles. The standard InChI is InChI=1S/C14H24N2O/c1-9-4-10(2)6-12(5-9)14(16-15)13-7-11(3)17-8-13/h7-10,12,14,16H,4-6,15H2,1-3H3. The van der Waals surface area contributed by atoms with Crippen LogP contribution >= 0.6 is 0 Å². The summed E-state index contributed by atoms with van der Waals surface area (Å²) in [7, 11) is 0. The highest BCUT2D eigenvalue weighted by Crippen LogP contribution is 2.39. The zero-order valence-corrected chi connectivity index (χ0v) is 11.1. The summed E-state index contributed by atoms with van der Waals surface area (Å²) in [4.78, 5) is 0. The van der Waals surface area contributed by atoms with Crippen molar-refractivity contribution in [3.8, 4) is 0 Å². The third-order valence-electron chi connectivity index (χ3n) is 3.98. The van der Waals surface area contributed by atoms with Crippen molar-refractivity contribution in [2.24, 2.45) is 23.6 Å². The Balaban J connectivity index is 2.12. The molecule has 17 heavy (non-hydrogen) atoms. The van der Waals surface area contributed by atoms with Gasteiger partial charge in [0.25, 0.3) is 0 Å². The van der Waals surface area contributed by atoms with E-state index >= 15 is 0 Å². The summed E-state index contributed by atoms with van der Waals surface area (Å²) in [5, 5.41) is 0. The summed E-state index contributed by atoms with van der Waals surface area (Å²) < 4.78 is 5.40. The predicted molar refractivity (Wildman–Crippen MR) is 69.2 cm³/mol. The average molecular weight is 236 g/mol. The van der Waals surface area contributed by atoms with Gasteiger partial charge in [0.15, 0.2) is 0 Å². The Bertz CT molecular complexity index is 351. The molecule has 3 unspecified atom stereocenters. The molecule has 2 rings (SSSR count). The van der Waals surface area contributed by atoms with Gasteiger partial charge in [-0.05, 0) is 50.0 Å². The molecule has 0 spiro atoms. The summed E-state index contributed by atoms with van der Waals surface area (Å²) in [5.41, 5.74) is 4.17. The second-order valence-corrected chi connectivity index (χ2v) is 5.81. The molecule has 1 aromatic rings. The zero-order chi connectivity index (χ0) is 12.4. The lowest BCUT2D eigenvalue weighted by atomic mass is 9.73. The van der Waals surface area contributed by atoms with Crippen molar-refractivity contribution in [3.05, 3.63) is 23.7 Å². The molecule has 0 amide bonds. The number of hydrazine groups is 1. The molecule has 1 aromatic heterocycles. The van der Waals surface area contributed by atoms with Gasteiger partial charge >= 0.3 is 0 Å². The fraction of sp³-hybridized carbons (Fsp3) is 0.714. The molecule has 3 nitrogen and oxygen atoms in total. The average Bonchev–Trinajstić information content (AvgIpc) is 2.64. The number of rotatable bonds is 3. The van der Waals surface area contributed by atoms with E-state index in [9.17, 15) is 0 Å². The molecule has 3 heteroatoms. The van der Waals surface area contributed by atoms with Crippen LogP contribution in [0.2, 0.25) is 0 Å². The number of hydrogen-bond acceptors (Lipinski definition) is 3. The molecule has 0 aliphatic heterocycles. The number of nitrogens with one attached hydrogen (secondary N) is 1. The van der Waals surface area contributed by atoms with Gasteiger partial charge in [-0.25, -0.2) is 0 Å². The van der Waals surface area contributed by atoms with Gasteiger partial charge in [-0.1, -0.05) is 13.8 Å². The van der Waals surface area contributed by atoms with Gasteiger partial charge in [-0.15, -0.1) is 0 Å². The van der Waals surface area contributed by atoms with Crippen molar-refractivity contribution >= 4 is 0 Å². The van der Waals surface area contributed by atoms with Crippen molar-refractivity contribution < 1.29 is 4.42 Å². The Morgan fingerprint density at radius 1 is 1.29 bits per heavy atom. The highest BCUT2D eigenvalue weighted by Gasteiger charge is 2.30. The highest BCUT2D eigenvalue weighted by atomic mass is 16.3. The van der Waals surface area contributed by atoms with E-state index in [4.69, 9.17) is 10.3 Å². The van der Waals surface area contributed by atoms with Crippen LogP contribution < -0.4 is 11.3 Å². The van der Waals surface area contributed by atoms with Crippen LogP contribution in [-0.2, 0) is 0 Å². The third kappa shape index (κ3) is 2.90. The molecule has 96 valence electrons. The summed E-state index contributed by atoms with van der Waals surface area (Å²) in [6, 6.07) is 2.33. The fourth-order valence-electron chi connectivity index (χ4n) is 3.41. The van der Waals surface area contributed by atoms with Crippen molar-refractivity contribution in [2.45, 2.75) is 46.1 Å². The molecule has 0 bridgehead atoms. The van der Waals surface area contributed by atoms with E-state index < -0.39 is 0 Å². The van der Waals surface area contributed by atoms with Gasteiger partial charge in [0.05, 0.1) is 12.3 Å². The lowest BCUT2D eigenvalue weighted by molar-refractivity contribution is 0.176. The normalized spacial score (nSPS) is 31.4. The van der Waals surface area contributed by atoms with Crippen molar-refractivity contribution in [3.63, 3.8) is 0 Å². The number of hydrogen-bond donors (Lipinski definition) is 2. The maximum Gasteiger partial charge on any atom is 0.101 e. The Hall–Kier alpha value is -0.800. The summed E-state index contributed by atoms with van der Waals surface area (Å²) >= 11 is 0. The van der Waals surface area contributed by atoms with Crippen LogP contribution in [0.15, 0.2) is 16.7 Å². The Morgan fingerprint density at radius 3 is 2.41 bits per heavy atom. The van der Waals surface area contributed by atoms with E-state index in [0.29, 0.717) is 5.92 Å². The monoisotopic (exact) mass is 236 g/mol. The minimum Gasteiger partial charge on any atom is -0.469 e. The van der Waals surface area contributed by atoms with Crippen LogP contribution in [0, 0.1) is 24.7 Å². The largest absolute Gasteiger partial charge is 0.469 e. The minimum atomic E-state index is 0.234. The van der Waals surface area contributed by atoms with E-state index in [1.807, 2.05) is 13.2 Å². The number of furan rings is 1. The predicted octanol–water partition coefficient (Wildman–Crippen LogP) is 3.16. The molecule has 1 fully saturated rings. The lowest BCUT2D eigenvalue weighted by Gasteiger charge is -2.35. The topological polar surface area (TPSA) is 51.2 Å². The minimum absolute atomic E-state index is 0.234. The second kappa shape index (κ2) is 5.23. The van der Waals surface area contributed by atoms with Crippen LogP contribution in [0.5, 0.6) is 0 Å². The van der Waals surface area contributed by atoms with E-state index in [-0.39, 0.29) is 6.04 Å². The van der Waals surface area contributed by atoms with Gasteiger partial charge in [0.1, 0.15) is 5.76 Å². The molecule has 1 saturated carbocycles. The lowest BCUT2D eigenvalue weighted by Crippen LogP contribution is -2.36. The molecule has 0 aromatic carbocycles. The first kappa shape index (κ1) is 12.7. The summed E-state index contributed by atoms with van der Waals surface area (Å²) in [6.07, 6.45) is 5.69. The van der Waals surface area contributed by atoms with Crippen LogP contribution in [0.1, 0.15) is 50.5 Å². The molecule has 3 N–H and O–H groups in total. The van der Waals surface area contributed by atoms with E-state index in [1.165, 1.54) is 24.8 Å². The van der Waals surface area contributed by atoms with Crippen LogP contribution in [-0.4, -0.2) is 0 Å². The molecule has 1 aliphatic rings. The van der Waals surface area contributed by atoms with Crippen molar-refractivity contribution in [1.82, 2.24) is 5.43 Å². The smallest absolute Gasteiger partial charge is 0.101 e. The molecule has 0 radical (unpaired) electrons. The summed E-state index contributed by atoms with van der Waals surface area (Å²) in [5.74, 6) is 8.92. The van der Waals surface area contributed by atoms with Gasteiger partial charge in [0, 0.05) is 5.56 Å². The number of aryl methyl sites for hydroxylation is 1. The van der Waals surface area contributed by atoms with Gasteiger partial charge < -0.3 is 4.42 Å². The van der Waals surface area contributed by atoms with Gasteiger partial charge in [0.2, 0.25) is 0 Å². The van der Waals surface area contributed by atoms with E-state index in [0.717, 1.165) is 17.6 Å². The zero-order valence-electron chi connectivity index (χ0n) is 11.1. The van der Waals surface area contributed by atoms with Gasteiger partial charge in [-0.2, -0.15) is 0 Å². The Morgan fingerprint density at radius 2 is 1.94 bits per heavy atom. The first-order chi connectivity index (χ1) is 8.10. The molecule has 0 saturated heterocycles. The van der Waals surface area contributed by atoms with E-state index in [2.05, 4.69) is 25.3 Å². The maximum atomic E-state index is 5.74. The van der Waals surface area contributed by atoms with E-state index in [1.54, 1.807) is 0 Å². The Kier molecular flexibility index (Phi) is 3.89. The van der Waals surface area contributed by atoms with Gasteiger partial charge in [-0.3, -0.25) is 11.3 Å². The fourth-order valence-corrected chi connectivity index (χ4v) is 3.41. The molecule has 1 aliphatic carbocycles. The third-order valence-corrected chi connectivity index (χ3v) is 3.98. The molecule has 3 atom stereocenters. The maximum absolute atomic E-state index is 5.74. The second-order valence-electron chi connectivity index (χ2n) is 5.81. The van der Waals surface area contributed by atoms with Crippen molar-refractivity contribution in [1.29, 1.82) is 0 Å². The SMILES string of the molecule is Cc1cc(C(NN)C2CC(C)CC(C)C2)co1. The van der Waals surface area contributed by atoms with Crippen LogP contribution in [0.4, 0.5) is 0 Å². The molecular formula is C14H24N2O. The number of nitrogens with two attached hydrogens (primary N) is 1. The molecular weight excluding hydrogens is 212 g/mol. The van der Waals surface area contributed by atoms with Crippen LogP contribution in [0.3, 0.4) is 0 Å². The quantitative estimate of drug-likeness (QED) is 0.626. The summed E-state index contributed by atoms with van der Waals surface area (Å²) in [6.45, 7) is 6.66.